The van der Waals surface area contributed by atoms with E-state index in [1.54, 1.807) is 12.1 Å². The molecule has 0 radical (unpaired) electrons. The van der Waals surface area contributed by atoms with Gasteiger partial charge in [0.15, 0.2) is 5.11 Å². The van der Waals surface area contributed by atoms with E-state index in [9.17, 15) is 4.39 Å². The topological polar surface area (TPSA) is 56.3 Å². The second-order valence-electron chi connectivity index (χ2n) is 12.3. The van der Waals surface area contributed by atoms with Crippen molar-refractivity contribution < 1.29 is 4.39 Å². The van der Waals surface area contributed by atoms with Crippen LogP contribution in [-0.4, -0.2) is 47.8 Å². The maximum Gasteiger partial charge on any atom is 0.232 e. The molecule has 1 saturated carbocycles. The summed E-state index contributed by atoms with van der Waals surface area (Å²) in [6, 6.07) is 9.23. The molecule has 0 bridgehead atoms. The van der Waals surface area contributed by atoms with E-state index in [1.165, 1.54) is 56.9 Å². The lowest BCUT2D eigenvalue weighted by molar-refractivity contribution is 0.292. The number of nitrogens with zero attached hydrogens (tertiary/aromatic N) is 4. The van der Waals surface area contributed by atoms with Crippen LogP contribution in [0.15, 0.2) is 30.3 Å². The molecule has 0 spiro atoms. The number of nitrogens with one attached hydrogen (secondary N) is 2. The van der Waals surface area contributed by atoms with Crippen molar-refractivity contribution in [2.75, 3.05) is 47.8 Å². The molecule has 1 aromatic carbocycles. The predicted molar refractivity (Wildman–Crippen MR) is 163 cm³/mol. The molecule has 1 aliphatic carbocycles. The standard InChI is InChI=1S/C31H45FN6S/c1-23-18-24(2)21-38(20-23)28-19-27(37-16-8-3-4-9-17-37)34-29(35-28)36-30(39)33-22-31(14-6-5-7-15-31)25-10-12-26(32)13-11-25/h10-13,19,23-24H,3-9,14-18,20-22H2,1-2H3,(H2,33,34,35,36,39)/t23-,24-/m0/s1. The molecular weight excluding hydrogens is 507 g/mol. The number of piperidine rings is 1. The molecule has 3 heterocycles. The number of hydrogen-bond donors (Lipinski definition) is 2. The SMILES string of the molecule is C[C@H]1C[C@H](C)CN(c2cc(N3CCCCCC3)nc(NC(=S)NCC3(c4ccc(F)cc4)CCCCC3)n2)C1. The van der Waals surface area contributed by atoms with Crippen molar-refractivity contribution in [2.24, 2.45) is 11.8 Å². The first kappa shape index (κ1) is 28.1. The van der Waals surface area contributed by atoms with Crippen molar-refractivity contribution >= 4 is 34.9 Å². The summed E-state index contributed by atoms with van der Waals surface area (Å²) in [7, 11) is 0. The molecule has 39 heavy (non-hydrogen) atoms. The molecule has 2 aliphatic heterocycles. The van der Waals surface area contributed by atoms with Crippen LogP contribution in [-0.2, 0) is 5.41 Å². The minimum atomic E-state index is -0.190. The first-order valence-electron chi connectivity index (χ1n) is 15.1. The van der Waals surface area contributed by atoms with Gasteiger partial charge in [0.2, 0.25) is 5.95 Å². The molecule has 1 aromatic heterocycles. The lowest BCUT2D eigenvalue weighted by atomic mass is 9.69. The van der Waals surface area contributed by atoms with Crippen LogP contribution in [0, 0.1) is 17.7 Å². The Morgan fingerprint density at radius 1 is 0.897 bits per heavy atom. The van der Waals surface area contributed by atoms with Crippen LogP contribution in [0.25, 0.3) is 0 Å². The highest BCUT2D eigenvalue weighted by atomic mass is 32.1. The fourth-order valence-electron chi connectivity index (χ4n) is 6.95. The van der Waals surface area contributed by atoms with Gasteiger partial charge in [-0.05, 0) is 73.9 Å². The maximum atomic E-state index is 13.7. The van der Waals surface area contributed by atoms with Crippen molar-refractivity contribution in [3.8, 4) is 0 Å². The lowest BCUT2D eigenvalue weighted by Gasteiger charge is -2.38. The molecule has 2 aromatic rings. The number of benzene rings is 1. The number of anilines is 3. The molecule has 0 unspecified atom stereocenters. The molecule has 212 valence electrons. The van der Waals surface area contributed by atoms with Gasteiger partial charge in [-0.3, -0.25) is 0 Å². The first-order chi connectivity index (χ1) is 18.9. The van der Waals surface area contributed by atoms with Crippen LogP contribution < -0.4 is 20.4 Å². The van der Waals surface area contributed by atoms with Gasteiger partial charge >= 0.3 is 0 Å². The molecule has 3 aliphatic rings. The quantitative estimate of drug-likeness (QED) is 0.388. The van der Waals surface area contributed by atoms with Gasteiger partial charge in [0.05, 0.1) is 0 Å². The van der Waals surface area contributed by atoms with Crippen molar-refractivity contribution in [2.45, 2.75) is 83.5 Å². The average Bonchev–Trinajstić information content (AvgIpc) is 3.22. The van der Waals surface area contributed by atoms with Crippen LogP contribution in [0.4, 0.5) is 22.0 Å². The van der Waals surface area contributed by atoms with Crippen LogP contribution >= 0.6 is 12.2 Å². The summed E-state index contributed by atoms with van der Waals surface area (Å²) in [4.78, 5) is 14.8. The smallest absolute Gasteiger partial charge is 0.232 e. The van der Waals surface area contributed by atoms with Gasteiger partial charge in [-0.15, -0.1) is 0 Å². The van der Waals surface area contributed by atoms with Gasteiger partial charge in [0.25, 0.3) is 0 Å². The van der Waals surface area contributed by atoms with Crippen molar-refractivity contribution in [1.29, 1.82) is 0 Å². The molecule has 2 saturated heterocycles. The van der Waals surface area contributed by atoms with E-state index < -0.39 is 0 Å². The zero-order chi connectivity index (χ0) is 27.2. The van der Waals surface area contributed by atoms with E-state index in [0.29, 0.717) is 29.4 Å². The van der Waals surface area contributed by atoms with Gasteiger partial charge in [0.1, 0.15) is 17.5 Å². The number of hydrogen-bond acceptors (Lipinski definition) is 5. The van der Waals surface area contributed by atoms with E-state index in [0.717, 1.165) is 50.7 Å². The van der Waals surface area contributed by atoms with Gasteiger partial charge in [-0.1, -0.05) is 58.1 Å². The minimum Gasteiger partial charge on any atom is -0.361 e. The van der Waals surface area contributed by atoms with E-state index in [2.05, 4.69) is 40.3 Å². The number of thiocarbonyl (C=S) groups is 1. The highest BCUT2D eigenvalue weighted by molar-refractivity contribution is 7.80. The number of halogens is 1. The first-order valence-corrected chi connectivity index (χ1v) is 15.5. The Morgan fingerprint density at radius 2 is 1.49 bits per heavy atom. The Balaban J connectivity index is 1.34. The summed E-state index contributed by atoms with van der Waals surface area (Å²) in [6.45, 7) is 9.48. The third-order valence-corrected chi connectivity index (χ3v) is 9.15. The molecule has 6 nitrogen and oxygen atoms in total. The number of rotatable bonds is 6. The molecule has 2 atom stereocenters. The van der Waals surface area contributed by atoms with Crippen LogP contribution in [0.5, 0.6) is 0 Å². The summed E-state index contributed by atoms with van der Waals surface area (Å²) in [5.74, 6) is 3.64. The summed E-state index contributed by atoms with van der Waals surface area (Å²) in [5.41, 5.74) is 1.14. The molecule has 2 N–H and O–H groups in total. The monoisotopic (exact) mass is 552 g/mol. The fourth-order valence-corrected chi connectivity index (χ4v) is 7.11. The highest BCUT2D eigenvalue weighted by Gasteiger charge is 2.34. The normalized spacial score (nSPS) is 23.7. The fraction of sp³-hybridized carbons (Fsp3) is 0.645. The third kappa shape index (κ3) is 7.19. The van der Waals surface area contributed by atoms with E-state index >= 15 is 0 Å². The second kappa shape index (κ2) is 12.8. The molecule has 5 rings (SSSR count). The highest BCUT2D eigenvalue weighted by Crippen LogP contribution is 2.39. The Morgan fingerprint density at radius 3 is 2.13 bits per heavy atom. The zero-order valence-corrected chi connectivity index (χ0v) is 24.5. The second-order valence-corrected chi connectivity index (χ2v) is 12.7. The molecule has 0 amide bonds. The largest absolute Gasteiger partial charge is 0.361 e. The Kier molecular flexibility index (Phi) is 9.21. The molecule has 3 fully saturated rings. The molecular formula is C31H45FN6S. The lowest BCUT2D eigenvalue weighted by Crippen LogP contribution is -2.44. The molecule has 8 heteroatoms. The van der Waals surface area contributed by atoms with E-state index in [4.69, 9.17) is 22.2 Å². The summed E-state index contributed by atoms with van der Waals surface area (Å²) >= 11 is 5.79. The average molecular weight is 553 g/mol. The Hall–Kier alpha value is -2.48. The van der Waals surface area contributed by atoms with E-state index in [1.807, 2.05) is 12.1 Å². The Labute approximate surface area is 239 Å². The Bertz CT molecular complexity index is 1080. The van der Waals surface area contributed by atoms with Crippen molar-refractivity contribution in [1.82, 2.24) is 15.3 Å². The van der Waals surface area contributed by atoms with Crippen LogP contribution in [0.3, 0.4) is 0 Å². The maximum absolute atomic E-state index is 13.7. The summed E-state index contributed by atoms with van der Waals surface area (Å²) in [6.07, 6.45) is 12.0. The van der Waals surface area contributed by atoms with Gasteiger partial charge < -0.3 is 20.4 Å². The summed E-state index contributed by atoms with van der Waals surface area (Å²) in [5, 5.41) is 7.38. The zero-order valence-electron chi connectivity index (χ0n) is 23.7. The van der Waals surface area contributed by atoms with Crippen LogP contribution in [0.2, 0.25) is 0 Å². The third-order valence-electron chi connectivity index (χ3n) is 8.90. The van der Waals surface area contributed by atoms with Gasteiger partial charge in [-0.25, -0.2) is 4.39 Å². The van der Waals surface area contributed by atoms with Crippen LogP contribution in [0.1, 0.15) is 83.6 Å². The predicted octanol–water partition coefficient (Wildman–Crippen LogP) is 6.67. The minimum absolute atomic E-state index is 0.0440. The summed E-state index contributed by atoms with van der Waals surface area (Å²) < 4.78 is 13.7. The van der Waals surface area contributed by atoms with Crippen molar-refractivity contribution in [3.63, 3.8) is 0 Å². The van der Waals surface area contributed by atoms with Gasteiger partial charge in [-0.2, -0.15) is 9.97 Å². The van der Waals surface area contributed by atoms with E-state index in [-0.39, 0.29) is 11.2 Å². The van der Waals surface area contributed by atoms with Crippen molar-refractivity contribution in [3.05, 3.63) is 41.7 Å². The number of aromatic nitrogens is 2. The van der Waals surface area contributed by atoms with Gasteiger partial charge in [0, 0.05) is 44.2 Å².